The molecular formula is C21H21NO5. The summed E-state index contributed by atoms with van der Waals surface area (Å²) in [6.45, 7) is 0.890. The van der Waals surface area contributed by atoms with Crippen LogP contribution in [0.2, 0.25) is 0 Å². The zero-order valence-electron chi connectivity index (χ0n) is 15.4. The third-order valence-corrected chi connectivity index (χ3v) is 5.23. The summed E-state index contributed by atoms with van der Waals surface area (Å²) >= 11 is 0. The molecule has 1 saturated heterocycles. The number of hydrogen-bond acceptors (Lipinski definition) is 5. The van der Waals surface area contributed by atoms with Gasteiger partial charge in [0.15, 0.2) is 17.3 Å². The molecule has 1 fully saturated rings. The minimum atomic E-state index is -0.660. The van der Waals surface area contributed by atoms with Crippen LogP contribution in [0.3, 0.4) is 0 Å². The van der Waals surface area contributed by atoms with Crippen molar-refractivity contribution in [2.45, 2.75) is 18.4 Å². The Morgan fingerprint density at radius 3 is 2.70 bits per heavy atom. The molecule has 1 amide bonds. The number of Topliss-reactive ketones (excluding diaryl/α,β-unsaturated/α-hetero) is 1. The number of carbonyl (C=O) groups excluding carboxylic acids is 2. The molecule has 2 aliphatic heterocycles. The van der Waals surface area contributed by atoms with Gasteiger partial charge in [0.1, 0.15) is 11.4 Å². The van der Waals surface area contributed by atoms with E-state index in [0.717, 1.165) is 0 Å². The number of likely N-dealkylation sites (tertiary alicyclic amines) is 1. The van der Waals surface area contributed by atoms with Crippen LogP contribution in [0.4, 0.5) is 0 Å². The monoisotopic (exact) mass is 367 g/mol. The average molecular weight is 367 g/mol. The average Bonchev–Trinajstić information content (AvgIpc) is 3.09. The van der Waals surface area contributed by atoms with E-state index in [0.29, 0.717) is 47.9 Å². The van der Waals surface area contributed by atoms with Gasteiger partial charge in [-0.05, 0) is 24.3 Å². The Morgan fingerprint density at radius 2 is 1.93 bits per heavy atom. The highest BCUT2D eigenvalue weighted by atomic mass is 16.5. The first-order chi connectivity index (χ1) is 13.1. The highest BCUT2D eigenvalue weighted by Crippen LogP contribution is 2.40. The summed E-state index contributed by atoms with van der Waals surface area (Å²) in [6, 6.07) is 12.5. The van der Waals surface area contributed by atoms with Gasteiger partial charge in [0.25, 0.3) is 5.91 Å². The molecule has 0 N–H and O–H groups in total. The van der Waals surface area contributed by atoms with Crippen LogP contribution in [-0.2, 0) is 0 Å². The first-order valence-electron chi connectivity index (χ1n) is 8.88. The van der Waals surface area contributed by atoms with Crippen molar-refractivity contribution < 1.29 is 23.8 Å². The third kappa shape index (κ3) is 2.91. The van der Waals surface area contributed by atoms with E-state index >= 15 is 0 Å². The number of methoxy groups -OCH3 is 2. The molecule has 0 radical (unpaired) electrons. The van der Waals surface area contributed by atoms with Gasteiger partial charge in [-0.1, -0.05) is 18.2 Å². The molecule has 0 aliphatic carbocycles. The molecule has 6 heteroatoms. The number of amides is 1. The Bertz CT molecular complexity index is 909. The Kier molecular flexibility index (Phi) is 4.26. The summed E-state index contributed by atoms with van der Waals surface area (Å²) < 4.78 is 16.9. The molecule has 1 atom stereocenters. The molecule has 1 spiro atoms. The quantitative estimate of drug-likeness (QED) is 0.835. The Morgan fingerprint density at radius 1 is 1.11 bits per heavy atom. The Hall–Kier alpha value is -3.02. The molecule has 4 rings (SSSR count). The maximum absolute atomic E-state index is 13.1. The van der Waals surface area contributed by atoms with Crippen LogP contribution in [0.1, 0.15) is 33.6 Å². The second-order valence-electron chi connectivity index (χ2n) is 6.90. The number of fused-ring (bicyclic) bond motifs is 1. The molecule has 0 aromatic heterocycles. The number of carbonyl (C=O) groups is 2. The topological polar surface area (TPSA) is 65.1 Å². The van der Waals surface area contributed by atoms with Crippen molar-refractivity contribution in [2.24, 2.45) is 0 Å². The van der Waals surface area contributed by atoms with E-state index in [1.165, 1.54) is 14.2 Å². The van der Waals surface area contributed by atoms with Gasteiger partial charge in [-0.25, -0.2) is 0 Å². The zero-order valence-corrected chi connectivity index (χ0v) is 15.4. The van der Waals surface area contributed by atoms with Crippen LogP contribution in [0.5, 0.6) is 17.2 Å². The molecule has 0 bridgehead atoms. The van der Waals surface area contributed by atoms with Crippen molar-refractivity contribution in [2.75, 3.05) is 27.3 Å². The van der Waals surface area contributed by atoms with Gasteiger partial charge in [-0.3, -0.25) is 9.59 Å². The van der Waals surface area contributed by atoms with Gasteiger partial charge in [-0.15, -0.1) is 0 Å². The first-order valence-corrected chi connectivity index (χ1v) is 8.88. The van der Waals surface area contributed by atoms with Gasteiger partial charge in [0, 0.05) is 13.0 Å². The van der Waals surface area contributed by atoms with Crippen molar-refractivity contribution >= 4 is 11.7 Å². The van der Waals surface area contributed by atoms with Gasteiger partial charge in [0.2, 0.25) is 0 Å². The van der Waals surface area contributed by atoms with Crippen LogP contribution in [-0.4, -0.2) is 49.5 Å². The van der Waals surface area contributed by atoms with E-state index in [9.17, 15) is 9.59 Å². The number of rotatable bonds is 3. The van der Waals surface area contributed by atoms with Crippen LogP contribution in [0.15, 0.2) is 42.5 Å². The largest absolute Gasteiger partial charge is 0.493 e. The molecule has 0 saturated carbocycles. The van der Waals surface area contributed by atoms with E-state index in [1.54, 1.807) is 29.2 Å². The summed E-state index contributed by atoms with van der Waals surface area (Å²) in [7, 11) is 3.05. The molecule has 6 nitrogen and oxygen atoms in total. The molecular weight excluding hydrogens is 346 g/mol. The lowest BCUT2D eigenvalue weighted by Gasteiger charge is -2.34. The maximum Gasteiger partial charge on any atom is 0.257 e. The number of ketones is 1. The minimum absolute atomic E-state index is 0.0603. The smallest absolute Gasteiger partial charge is 0.257 e. The third-order valence-electron chi connectivity index (χ3n) is 5.23. The highest BCUT2D eigenvalue weighted by Gasteiger charge is 2.47. The van der Waals surface area contributed by atoms with Crippen molar-refractivity contribution in [3.8, 4) is 17.2 Å². The standard InChI is InChI=1S/C21H21NO5/c1-25-18-9-5-7-15(19(18)26-2)20(24)22-11-10-21(13-22)12-16(23)14-6-3-4-8-17(14)27-21/h3-9H,10-13H2,1-2H3. The summed E-state index contributed by atoms with van der Waals surface area (Å²) in [4.78, 5) is 27.4. The second-order valence-corrected chi connectivity index (χ2v) is 6.90. The van der Waals surface area contributed by atoms with Crippen LogP contribution in [0.25, 0.3) is 0 Å². The lowest BCUT2D eigenvalue weighted by Crippen LogP contribution is -2.45. The lowest BCUT2D eigenvalue weighted by molar-refractivity contribution is 0.0427. The van der Waals surface area contributed by atoms with Crippen molar-refractivity contribution in [1.82, 2.24) is 4.90 Å². The molecule has 27 heavy (non-hydrogen) atoms. The molecule has 2 heterocycles. The van der Waals surface area contributed by atoms with Gasteiger partial charge in [-0.2, -0.15) is 0 Å². The fourth-order valence-corrected chi connectivity index (χ4v) is 3.91. The van der Waals surface area contributed by atoms with Crippen LogP contribution < -0.4 is 14.2 Å². The summed E-state index contributed by atoms with van der Waals surface area (Å²) in [5.41, 5.74) is 0.395. The normalized spacial score (nSPS) is 21.0. The number of para-hydroxylation sites is 2. The SMILES string of the molecule is COc1cccc(C(=O)N2CCC3(CC(=O)c4ccccc4O3)C2)c1OC. The number of benzene rings is 2. The van der Waals surface area contributed by atoms with E-state index in [4.69, 9.17) is 14.2 Å². The highest BCUT2D eigenvalue weighted by molar-refractivity contribution is 6.01. The summed E-state index contributed by atoms with van der Waals surface area (Å²) in [5.74, 6) is 1.43. The fraction of sp³-hybridized carbons (Fsp3) is 0.333. The van der Waals surface area contributed by atoms with Crippen molar-refractivity contribution in [3.63, 3.8) is 0 Å². The van der Waals surface area contributed by atoms with Crippen molar-refractivity contribution in [1.29, 1.82) is 0 Å². The number of nitrogens with zero attached hydrogens (tertiary/aromatic N) is 1. The lowest BCUT2D eigenvalue weighted by atomic mass is 9.89. The fourth-order valence-electron chi connectivity index (χ4n) is 3.91. The van der Waals surface area contributed by atoms with E-state index in [1.807, 2.05) is 18.2 Å². The molecule has 2 aromatic carbocycles. The minimum Gasteiger partial charge on any atom is -0.493 e. The zero-order chi connectivity index (χ0) is 19.0. The predicted octanol–water partition coefficient (Wildman–Crippen LogP) is 2.95. The molecule has 2 aliphatic rings. The Balaban J connectivity index is 1.59. The van der Waals surface area contributed by atoms with E-state index < -0.39 is 5.60 Å². The number of hydrogen-bond donors (Lipinski definition) is 0. The van der Waals surface area contributed by atoms with Gasteiger partial charge >= 0.3 is 0 Å². The maximum atomic E-state index is 13.1. The van der Waals surface area contributed by atoms with Crippen molar-refractivity contribution in [3.05, 3.63) is 53.6 Å². The van der Waals surface area contributed by atoms with E-state index in [-0.39, 0.29) is 18.1 Å². The van der Waals surface area contributed by atoms with Crippen LogP contribution in [0, 0.1) is 0 Å². The second kappa shape index (κ2) is 6.61. The van der Waals surface area contributed by atoms with Gasteiger partial charge in [0.05, 0.1) is 38.3 Å². The molecule has 140 valence electrons. The summed E-state index contributed by atoms with van der Waals surface area (Å²) in [6.07, 6.45) is 0.897. The van der Waals surface area contributed by atoms with Crippen LogP contribution >= 0.6 is 0 Å². The molecule has 2 aromatic rings. The molecule has 1 unspecified atom stereocenters. The Labute approximate surface area is 157 Å². The number of ether oxygens (including phenoxy) is 3. The first kappa shape index (κ1) is 17.4. The summed E-state index contributed by atoms with van der Waals surface area (Å²) in [5, 5.41) is 0. The van der Waals surface area contributed by atoms with Gasteiger partial charge < -0.3 is 19.1 Å². The predicted molar refractivity (Wildman–Crippen MR) is 98.8 cm³/mol. The van der Waals surface area contributed by atoms with E-state index in [2.05, 4.69) is 0 Å².